The molecule has 0 aliphatic heterocycles. The van der Waals surface area contributed by atoms with E-state index in [2.05, 4.69) is 59.3 Å². The molecule has 0 N–H and O–H groups in total. The summed E-state index contributed by atoms with van der Waals surface area (Å²) < 4.78 is 16.5. The van der Waals surface area contributed by atoms with Gasteiger partial charge >= 0.3 is 5.97 Å². The largest absolute Gasteiger partial charge is 0.494 e. The summed E-state index contributed by atoms with van der Waals surface area (Å²) in [5.41, 5.74) is 2.28. The molecule has 4 nitrogen and oxygen atoms in total. The highest BCUT2D eigenvalue weighted by molar-refractivity contribution is 9.09. The maximum absolute atomic E-state index is 11.0. The molecule has 0 saturated carbocycles. The molecule has 5 heteroatoms. The van der Waals surface area contributed by atoms with Crippen molar-refractivity contribution >= 4 is 34.1 Å². The van der Waals surface area contributed by atoms with E-state index in [-0.39, 0.29) is 11.3 Å². The second kappa shape index (κ2) is 15.5. The molecule has 0 bridgehead atoms. The highest BCUT2D eigenvalue weighted by Gasteiger charge is 1.99. The van der Waals surface area contributed by atoms with Gasteiger partial charge in [0.15, 0.2) is 0 Å². The third-order valence-electron chi connectivity index (χ3n) is 4.67. The van der Waals surface area contributed by atoms with E-state index in [1.165, 1.54) is 0 Å². The van der Waals surface area contributed by atoms with Gasteiger partial charge in [0.1, 0.15) is 16.8 Å². The first kappa shape index (κ1) is 25.0. The monoisotopic (exact) mass is 488 g/mol. The predicted octanol–water partition coefficient (Wildman–Crippen LogP) is 6.91. The molecule has 0 heterocycles. The molecule has 0 fully saturated rings. The Labute approximate surface area is 194 Å². The van der Waals surface area contributed by atoms with E-state index < -0.39 is 0 Å². The number of hydrogen-bond acceptors (Lipinski definition) is 4. The van der Waals surface area contributed by atoms with Crippen LogP contribution < -0.4 is 9.47 Å². The van der Waals surface area contributed by atoms with Crippen LogP contribution >= 0.6 is 15.9 Å². The van der Waals surface area contributed by atoms with E-state index in [0.717, 1.165) is 67.8 Å². The van der Waals surface area contributed by atoms with Gasteiger partial charge in [-0.25, -0.2) is 0 Å². The fourth-order valence-corrected chi connectivity index (χ4v) is 3.01. The van der Waals surface area contributed by atoms with Crippen molar-refractivity contribution in [2.45, 2.75) is 45.4 Å². The van der Waals surface area contributed by atoms with Gasteiger partial charge in [0.2, 0.25) is 0 Å². The van der Waals surface area contributed by atoms with E-state index in [9.17, 15) is 4.79 Å². The summed E-state index contributed by atoms with van der Waals surface area (Å²) in [6.07, 6.45) is 10.4. The zero-order valence-electron chi connectivity index (χ0n) is 18.4. The molecule has 168 valence electrons. The number of esters is 1. The first-order valence-electron chi connectivity index (χ1n) is 11.1. The average molecular weight is 489 g/mol. The number of benzene rings is 2. The van der Waals surface area contributed by atoms with Gasteiger partial charge in [-0.1, -0.05) is 65.7 Å². The number of rotatable bonds is 15. The van der Waals surface area contributed by atoms with Crippen molar-refractivity contribution in [1.82, 2.24) is 0 Å². The van der Waals surface area contributed by atoms with Gasteiger partial charge in [0.05, 0.1) is 19.8 Å². The Hall–Kier alpha value is -2.27. The van der Waals surface area contributed by atoms with Crippen LogP contribution in [0.15, 0.2) is 48.5 Å². The van der Waals surface area contributed by atoms with Crippen LogP contribution in [0.4, 0.5) is 0 Å². The summed E-state index contributed by atoms with van der Waals surface area (Å²) >= 11 is 3.08. The lowest BCUT2D eigenvalue weighted by Crippen LogP contribution is -2.06. The summed E-state index contributed by atoms with van der Waals surface area (Å²) in [6, 6.07) is 16.3. The van der Waals surface area contributed by atoms with Crippen LogP contribution in [-0.2, 0) is 9.53 Å². The Morgan fingerprint density at radius 2 is 1.23 bits per heavy atom. The van der Waals surface area contributed by atoms with Gasteiger partial charge in [-0.2, -0.15) is 0 Å². The van der Waals surface area contributed by atoms with Crippen molar-refractivity contribution in [2.24, 2.45) is 0 Å². The summed E-state index contributed by atoms with van der Waals surface area (Å²) in [4.78, 5) is 11.0. The predicted molar refractivity (Wildman–Crippen MR) is 131 cm³/mol. The third kappa shape index (κ3) is 11.1. The van der Waals surface area contributed by atoms with E-state index >= 15 is 0 Å². The molecule has 0 atom stereocenters. The average Bonchev–Trinajstić information content (AvgIpc) is 2.81. The summed E-state index contributed by atoms with van der Waals surface area (Å²) in [7, 11) is 0. The van der Waals surface area contributed by atoms with Crippen LogP contribution in [0.5, 0.6) is 11.5 Å². The fraction of sp³-hybridized carbons (Fsp3) is 0.423. The van der Waals surface area contributed by atoms with Gasteiger partial charge in [-0.05, 0) is 67.5 Å². The normalized spacial score (nSPS) is 10.9. The van der Waals surface area contributed by atoms with Crippen LogP contribution in [0, 0.1) is 0 Å². The van der Waals surface area contributed by atoms with E-state index in [0.29, 0.717) is 13.2 Å². The summed E-state index contributed by atoms with van der Waals surface area (Å²) in [5, 5.41) is 0.261. The molecule has 31 heavy (non-hydrogen) atoms. The smallest absolute Gasteiger partial charge is 0.316 e. The van der Waals surface area contributed by atoms with E-state index in [1.807, 2.05) is 24.3 Å². The van der Waals surface area contributed by atoms with Crippen LogP contribution in [0.2, 0.25) is 0 Å². The van der Waals surface area contributed by atoms with Gasteiger partial charge < -0.3 is 14.2 Å². The quantitative estimate of drug-likeness (QED) is 0.118. The van der Waals surface area contributed by atoms with Gasteiger partial charge in [-0.3, -0.25) is 4.79 Å². The highest BCUT2D eigenvalue weighted by atomic mass is 79.9. The minimum absolute atomic E-state index is 0.202. The Bertz CT molecular complexity index is 769. The summed E-state index contributed by atoms with van der Waals surface area (Å²) in [5.74, 6) is 1.61. The number of ether oxygens (including phenoxy) is 3. The molecule has 0 unspecified atom stereocenters. The SMILES string of the molecule is CCCCOc1ccc(C=Cc2ccc(OCCCCCCOC(=O)CBr)cc2)cc1. The summed E-state index contributed by atoms with van der Waals surface area (Å²) in [6.45, 7) is 4.13. The lowest BCUT2D eigenvalue weighted by molar-refractivity contribution is -0.140. The number of carbonyl (C=O) groups excluding carboxylic acids is 1. The second-order valence-electron chi connectivity index (χ2n) is 7.29. The zero-order chi connectivity index (χ0) is 22.2. The Kier molecular flexibility index (Phi) is 12.5. The van der Waals surface area contributed by atoms with Crippen LogP contribution in [0.1, 0.15) is 56.6 Å². The van der Waals surface area contributed by atoms with Crippen molar-refractivity contribution in [3.63, 3.8) is 0 Å². The third-order valence-corrected chi connectivity index (χ3v) is 5.13. The number of alkyl halides is 1. The molecular weight excluding hydrogens is 456 g/mol. The minimum atomic E-state index is -0.202. The molecule has 0 spiro atoms. The molecule has 2 rings (SSSR count). The maximum Gasteiger partial charge on any atom is 0.316 e. The molecule has 0 amide bonds. The topological polar surface area (TPSA) is 44.8 Å². The van der Waals surface area contributed by atoms with Crippen LogP contribution in [-0.4, -0.2) is 31.1 Å². The Morgan fingerprint density at radius 1 is 0.742 bits per heavy atom. The van der Waals surface area contributed by atoms with E-state index in [4.69, 9.17) is 14.2 Å². The van der Waals surface area contributed by atoms with Crippen LogP contribution in [0.25, 0.3) is 12.2 Å². The fourth-order valence-electron chi connectivity index (χ4n) is 2.85. The molecule has 0 aliphatic carbocycles. The van der Waals surface area contributed by atoms with Crippen molar-refractivity contribution < 1.29 is 19.0 Å². The number of halogens is 1. The molecule has 2 aromatic carbocycles. The lowest BCUT2D eigenvalue weighted by atomic mass is 10.1. The van der Waals surface area contributed by atoms with Crippen molar-refractivity contribution in [1.29, 1.82) is 0 Å². The Balaban J connectivity index is 1.63. The standard InChI is InChI=1S/C26H33BrO4/c1-2-3-18-29-24-14-10-22(11-15-24)8-9-23-12-16-25(17-13-23)30-19-6-4-5-7-20-31-26(28)21-27/h8-17H,2-7,18-21H2,1H3. The number of carbonyl (C=O) groups is 1. The second-order valence-corrected chi connectivity index (χ2v) is 7.85. The maximum atomic E-state index is 11.0. The van der Waals surface area contributed by atoms with E-state index in [1.54, 1.807) is 0 Å². The van der Waals surface area contributed by atoms with Gasteiger partial charge in [0, 0.05) is 0 Å². The van der Waals surface area contributed by atoms with Crippen molar-refractivity contribution in [3.8, 4) is 11.5 Å². The molecule has 0 aliphatic rings. The van der Waals surface area contributed by atoms with Crippen molar-refractivity contribution in [3.05, 3.63) is 59.7 Å². The van der Waals surface area contributed by atoms with Gasteiger partial charge in [0.25, 0.3) is 0 Å². The molecule has 0 saturated heterocycles. The Morgan fingerprint density at radius 3 is 1.71 bits per heavy atom. The minimum Gasteiger partial charge on any atom is -0.494 e. The lowest BCUT2D eigenvalue weighted by Gasteiger charge is -2.07. The first-order chi connectivity index (χ1) is 15.2. The van der Waals surface area contributed by atoms with Crippen LogP contribution in [0.3, 0.4) is 0 Å². The zero-order valence-corrected chi connectivity index (χ0v) is 19.9. The molecular formula is C26H33BrO4. The van der Waals surface area contributed by atoms with Crippen molar-refractivity contribution in [2.75, 3.05) is 25.2 Å². The molecule has 2 aromatic rings. The molecule has 0 aromatic heterocycles. The van der Waals surface area contributed by atoms with Gasteiger partial charge in [-0.15, -0.1) is 0 Å². The highest BCUT2D eigenvalue weighted by Crippen LogP contribution is 2.17. The number of unbranched alkanes of at least 4 members (excludes halogenated alkanes) is 4. The number of hydrogen-bond donors (Lipinski definition) is 0. The molecule has 0 radical (unpaired) electrons. The first-order valence-corrected chi connectivity index (χ1v) is 12.2.